The predicted molar refractivity (Wildman–Crippen MR) is 128 cm³/mol. The minimum atomic E-state index is 0. The van der Waals surface area contributed by atoms with Crippen molar-refractivity contribution in [2.45, 2.75) is 26.4 Å². The molecule has 9 heteroatoms. The van der Waals surface area contributed by atoms with Gasteiger partial charge in [-0.05, 0) is 36.4 Å². The largest absolute Gasteiger partial charge is 0.496 e. The highest BCUT2D eigenvalue weighted by Gasteiger charge is 2.07. The number of ether oxygens (including phenoxy) is 1. The summed E-state index contributed by atoms with van der Waals surface area (Å²) in [5, 5.41) is 17.2. The van der Waals surface area contributed by atoms with Gasteiger partial charge in [-0.25, -0.2) is 4.99 Å². The highest BCUT2D eigenvalue weighted by atomic mass is 127. The van der Waals surface area contributed by atoms with Crippen molar-refractivity contribution in [3.8, 4) is 5.75 Å². The molecule has 0 unspecified atom stereocenters. The van der Waals surface area contributed by atoms with Gasteiger partial charge in [-0.3, -0.25) is 0 Å². The smallest absolute Gasteiger partial charge is 0.192 e. The maximum Gasteiger partial charge on any atom is 0.192 e. The van der Waals surface area contributed by atoms with Gasteiger partial charge in [-0.2, -0.15) is 0 Å². The van der Waals surface area contributed by atoms with Crippen LogP contribution in [-0.2, 0) is 26.6 Å². The van der Waals surface area contributed by atoms with Crippen LogP contribution in [0.2, 0.25) is 0 Å². The lowest BCUT2D eigenvalue weighted by Crippen LogP contribution is -2.38. The molecule has 2 N–H and O–H groups in total. The quantitative estimate of drug-likeness (QED) is 0.268. The molecular weight excluding hydrogens is 499 g/mol. The van der Waals surface area contributed by atoms with E-state index in [1.54, 1.807) is 18.4 Å². The number of nitrogens with one attached hydrogen (secondary N) is 2. The van der Waals surface area contributed by atoms with E-state index in [1.807, 2.05) is 36.7 Å². The van der Waals surface area contributed by atoms with Gasteiger partial charge in [-0.1, -0.05) is 24.3 Å². The van der Waals surface area contributed by atoms with Crippen molar-refractivity contribution in [3.63, 3.8) is 0 Å². The summed E-state index contributed by atoms with van der Waals surface area (Å²) in [5.74, 6) is 3.37. The highest BCUT2D eigenvalue weighted by Crippen LogP contribution is 2.17. The first-order valence-electron chi connectivity index (χ1n) is 9.18. The van der Waals surface area contributed by atoms with E-state index in [0.29, 0.717) is 6.54 Å². The molecule has 0 saturated carbocycles. The Balaban J connectivity index is 0.00000300. The van der Waals surface area contributed by atoms with E-state index < -0.39 is 0 Å². The Kier molecular flexibility index (Phi) is 9.39. The van der Waals surface area contributed by atoms with Crippen molar-refractivity contribution in [3.05, 3.63) is 63.9 Å². The van der Waals surface area contributed by atoms with Crippen LogP contribution in [0, 0.1) is 6.92 Å². The fourth-order valence-electron chi connectivity index (χ4n) is 2.72. The number of rotatable bonds is 8. The summed E-state index contributed by atoms with van der Waals surface area (Å²) >= 11 is 1.72. The summed E-state index contributed by atoms with van der Waals surface area (Å²) in [5.41, 5.74) is 1.17. The molecule has 1 aromatic carbocycles. The summed E-state index contributed by atoms with van der Waals surface area (Å²) in [6.07, 6.45) is 0.840. The molecule has 3 rings (SSSR count). The maximum absolute atomic E-state index is 5.43. The van der Waals surface area contributed by atoms with Crippen molar-refractivity contribution < 1.29 is 4.74 Å². The number of aryl methyl sites for hydroxylation is 1. The van der Waals surface area contributed by atoms with Gasteiger partial charge in [0.1, 0.15) is 18.1 Å². The van der Waals surface area contributed by atoms with E-state index in [1.165, 1.54) is 10.4 Å². The van der Waals surface area contributed by atoms with Crippen molar-refractivity contribution in [2.75, 3.05) is 13.7 Å². The van der Waals surface area contributed by atoms with E-state index in [2.05, 4.69) is 49.4 Å². The molecule has 0 amide bonds. The average Bonchev–Trinajstić information content (AvgIpc) is 3.35. The van der Waals surface area contributed by atoms with Gasteiger partial charge < -0.3 is 19.9 Å². The number of thiophene rings is 1. The zero-order valence-electron chi connectivity index (χ0n) is 16.9. The number of aliphatic imine (C=N–C) groups is 1. The highest BCUT2D eigenvalue weighted by molar-refractivity contribution is 14.0. The van der Waals surface area contributed by atoms with Crippen LogP contribution in [0.3, 0.4) is 0 Å². The standard InChI is InChI=1S/C20H26N6OS.HI/c1-15-24-25-19(26(15)2)14-23-20(22-13-17-8-6-12-28-17)21-11-10-16-7-4-5-9-18(16)27-3;/h4-9,12H,10-11,13-14H2,1-3H3,(H2,21,22,23);1H. The summed E-state index contributed by atoms with van der Waals surface area (Å²) in [6.45, 7) is 3.87. The number of hydrogen-bond donors (Lipinski definition) is 2. The average molecular weight is 526 g/mol. The Bertz CT molecular complexity index is 910. The van der Waals surface area contributed by atoms with E-state index in [4.69, 9.17) is 4.74 Å². The first-order chi connectivity index (χ1) is 13.7. The van der Waals surface area contributed by atoms with Gasteiger partial charge in [0.05, 0.1) is 13.7 Å². The molecule has 0 aliphatic carbocycles. The molecule has 29 heavy (non-hydrogen) atoms. The van der Waals surface area contributed by atoms with Crippen LogP contribution in [0.15, 0.2) is 46.8 Å². The van der Waals surface area contributed by atoms with Crippen molar-refractivity contribution in [2.24, 2.45) is 12.0 Å². The van der Waals surface area contributed by atoms with Gasteiger partial charge in [0.2, 0.25) is 0 Å². The molecule has 0 radical (unpaired) electrons. The summed E-state index contributed by atoms with van der Waals surface area (Å²) in [7, 11) is 3.65. The lowest BCUT2D eigenvalue weighted by molar-refractivity contribution is 0.409. The number of para-hydroxylation sites is 1. The topological polar surface area (TPSA) is 76.4 Å². The first-order valence-corrected chi connectivity index (χ1v) is 10.1. The molecule has 0 spiro atoms. The molecule has 7 nitrogen and oxygen atoms in total. The number of methoxy groups -OCH3 is 1. The van der Waals surface area contributed by atoms with Gasteiger partial charge in [0.15, 0.2) is 11.8 Å². The zero-order valence-corrected chi connectivity index (χ0v) is 20.0. The van der Waals surface area contributed by atoms with Crippen molar-refractivity contribution in [1.29, 1.82) is 0 Å². The second-order valence-electron chi connectivity index (χ2n) is 6.31. The maximum atomic E-state index is 5.43. The minimum absolute atomic E-state index is 0. The van der Waals surface area contributed by atoms with Crippen LogP contribution < -0.4 is 15.4 Å². The molecule has 0 aliphatic heterocycles. The van der Waals surface area contributed by atoms with E-state index in [9.17, 15) is 0 Å². The summed E-state index contributed by atoms with van der Waals surface area (Å²) in [6, 6.07) is 12.2. The normalized spacial score (nSPS) is 11.1. The number of guanidine groups is 1. The Labute approximate surface area is 192 Å². The number of benzene rings is 1. The van der Waals surface area contributed by atoms with Crippen LogP contribution >= 0.6 is 35.3 Å². The number of halogens is 1. The van der Waals surface area contributed by atoms with Crippen LogP contribution in [-0.4, -0.2) is 34.4 Å². The molecule has 2 heterocycles. The van der Waals surface area contributed by atoms with Crippen LogP contribution in [0.25, 0.3) is 0 Å². The van der Waals surface area contributed by atoms with Gasteiger partial charge in [0.25, 0.3) is 0 Å². The molecule has 3 aromatic rings. The predicted octanol–water partition coefficient (Wildman–Crippen LogP) is 3.29. The Morgan fingerprint density at radius 3 is 2.69 bits per heavy atom. The van der Waals surface area contributed by atoms with Crippen molar-refractivity contribution >= 4 is 41.3 Å². The van der Waals surface area contributed by atoms with Crippen LogP contribution in [0.5, 0.6) is 5.75 Å². The molecule has 0 aliphatic rings. The molecule has 2 aromatic heterocycles. The Morgan fingerprint density at radius 2 is 2.00 bits per heavy atom. The molecule has 0 fully saturated rings. The third-order valence-corrected chi connectivity index (χ3v) is 5.33. The Hall–Kier alpha value is -2.14. The monoisotopic (exact) mass is 526 g/mol. The summed E-state index contributed by atoms with van der Waals surface area (Å²) < 4.78 is 7.38. The van der Waals surface area contributed by atoms with E-state index in [0.717, 1.165) is 42.9 Å². The second kappa shape index (κ2) is 11.8. The minimum Gasteiger partial charge on any atom is -0.496 e. The van der Waals surface area contributed by atoms with Crippen molar-refractivity contribution in [1.82, 2.24) is 25.4 Å². The SMILES string of the molecule is COc1ccccc1CCNC(=NCc1nnc(C)n1C)NCc1cccs1.I. The summed E-state index contributed by atoms with van der Waals surface area (Å²) in [4.78, 5) is 5.94. The second-order valence-corrected chi connectivity index (χ2v) is 7.34. The number of hydrogen-bond acceptors (Lipinski definition) is 5. The third-order valence-electron chi connectivity index (χ3n) is 4.45. The first kappa shape index (κ1) is 23.1. The molecule has 0 bridgehead atoms. The lowest BCUT2D eigenvalue weighted by atomic mass is 10.1. The van der Waals surface area contributed by atoms with E-state index in [-0.39, 0.29) is 24.0 Å². The molecule has 0 saturated heterocycles. The molecular formula is C20H27IN6OS. The van der Waals surface area contributed by atoms with E-state index >= 15 is 0 Å². The van der Waals surface area contributed by atoms with Crippen LogP contribution in [0.1, 0.15) is 22.1 Å². The molecule has 156 valence electrons. The van der Waals surface area contributed by atoms with Gasteiger partial charge >= 0.3 is 0 Å². The number of nitrogens with zero attached hydrogens (tertiary/aromatic N) is 4. The lowest BCUT2D eigenvalue weighted by Gasteiger charge is -2.13. The Morgan fingerprint density at radius 1 is 1.17 bits per heavy atom. The fourth-order valence-corrected chi connectivity index (χ4v) is 3.37. The van der Waals surface area contributed by atoms with Gasteiger partial charge in [0, 0.05) is 18.5 Å². The van der Waals surface area contributed by atoms with Gasteiger partial charge in [-0.15, -0.1) is 45.5 Å². The number of aromatic nitrogens is 3. The third kappa shape index (κ3) is 6.70. The van der Waals surface area contributed by atoms with Crippen LogP contribution in [0.4, 0.5) is 0 Å². The fraction of sp³-hybridized carbons (Fsp3) is 0.350. The zero-order chi connectivity index (χ0) is 19.8. The molecule has 0 atom stereocenters.